The number of nitrogens with zero attached hydrogens (tertiary/aromatic N) is 2. The van der Waals surface area contributed by atoms with Crippen LogP contribution in [0.1, 0.15) is 28.4 Å². The predicted octanol–water partition coefficient (Wildman–Crippen LogP) is 5.02. The van der Waals surface area contributed by atoms with E-state index < -0.39 is 32.3 Å². The molecule has 38 heavy (non-hydrogen) atoms. The number of hydrogen-bond donors (Lipinski definition) is 1. The number of aromatic amines is 1. The van der Waals surface area contributed by atoms with E-state index in [0.717, 1.165) is 23.4 Å². The van der Waals surface area contributed by atoms with Gasteiger partial charge in [0.05, 0.1) is 12.1 Å². The van der Waals surface area contributed by atoms with Crippen molar-refractivity contribution >= 4 is 15.7 Å². The molecule has 5 rings (SSSR count). The fraction of sp³-hybridized carbons (Fsp3) is 0.214. The van der Waals surface area contributed by atoms with Gasteiger partial charge in [0.1, 0.15) is 34.7 Å². The Morgan fingerprint density at radius 3 is 2.55 bits per heavy atom. The summed E-state index contributed by atoms with van der Waals surface area (Å²) < 4.78 is 59.7. The van der Waals surface area contributed by atoms with Gasteiger partial charge in [0.15, 0.2) is 9.84 Å². The summed E-state index contributed by atoms with van der Waals surface area (Å²) in [5.41, 5.74) is 2.64. The van der Waals surface area contributed by atoms with E-state index in [2.05, 4.69) is 9.97 Å². The number of ether oxygens (including phenoxy) is 1. The minimum absolute atomic E-state index is 0.0594. The fourth-order valence-corrected chi connectivity index (χ4v) is 5.41. The van der Waals surface area contributed by atoms with Crippen molar-refractivity contribution in [2.75, 3.05) is 19.4 Å². The lowest BCUT2D eigenvalue weighted by atomic mass is 10.00. The molecule has 0 saturated carbocycles. The first-order chi connectivity index (χ1) is 18.2. The van der Waals surface area contributed by atoms with Crippen molar-refractivity contribution in [2.24, 2.45) is 0 Å². The zero-order valence-corrected chi connectivity index (χ0v) is 21.6. The van der Waals surface area contributed by atoms with E-state index in [0.29, 0.717) is 22.7 Å². The van der Waals surface area contributed by atoms with Crippen LogP contribution in [0.3, 0.4) is 0 Å². The largest absolute Gasteiger partial charge is 0.491 e. The summed E-state index contributed by atoms with van der Waals surface area (Å²) in [4.78, 5) is 21.6. The minimum atomic E-state index is -3.78. The van der Waals surface area contributed by atoms with Gasteiger partial charge in [-0.25, -0.2) is 22.2 Å². The zero-order valence-electron chi connectivity index (χ0n) is 20.8. The van der Waals surface area contributed by atoms with Crippen molar-refractivity contribution in [1.82, 2.24) is 14.9 Å². The first-order valence-electron chi connectivity index (χ1n) is 12.0. The van der Waals surface area contributed by atoms with Gasteiger partial charge >= 0.3 is 0 Å². The monoisotopic (exact) mass is 537 g/mol. The standard InChI is InChI=1S/C28H25F2N3O4S/c1-3-20-21(7-9-25(26(20)30)38(2,35)36)28(34)33-12-13-37-24-8-5-17(14-19(24)16-33)18-4-6-22(23(29)15-18)27-31-10-11-32-27/h4-11,14-15H,3,12-13,16H2,1-2H3,(H,31,32). The molecule has 1 aromatic heterocycles. The molecule has 0 spiro atoms. The van der Waals surface area contributed by atoms with E-state index in [1.165, 1.54) is 12.1 Å². The Balaban J connectivity index is 1.46. The summed E-state index contributed by atoms with van der Waals surface area (Å²) in [6.07, 6.45) is 4.27. The number of rotatable bonds is 5. The van der Waals surface area contributed by atoms with Gasteiger partial charge in [0.2, 0.25) is 0 Å². The van der Waals surface area contributed by atoms with E-state index in [-0.39, 0.29) is 37.2 Å². The number of amides is 1. The van der Waals surface area contributed by atoms with Gasteiger partial charge in [0.25, 0.3) is 5.91 Å². The van der Waals surface area contributed by atoms with Crippen molar-refractivity contribution in [3.8, 4) is 28.3 Å². The lowest BCUT2D eigenvalue weighted by Gasteiger charge is -2.22. The second-order valence-corrected chi connectivity index (χ2v) is 11.0. The van der Waals surface area contributed by atoms with Crippen LogP contribution in [0, 0.1) is 11.6 Å². The van der Waals surface area contributed by atoms with Crippen molar-refractivity contribution in [2.45, 2.75) is 24.8 Å². The van der Waals surface area contributed by atoms with Crippen LogP contribution in [0.4, 0.5) is 8.78 Å². The Bertz CT molecular complexity index is 1640. The molecule has 1 aliphatic rings. The fourth-order valence-electron chi connectivity index (χ4n) is 4.65. The summed E-state index contributed by atoms with van der Waals surface area (Å²) in [5.74, 6) is -0.699. The molecule has 0 radical (unpaired) electrons. The Labute approximate surface area is 219 Å². The number of carbonyl (C=O) groups excluding carboxylic acids is 1. The lowest BCUT2D eigenvalue weighted by molar-refractivity contribution is 0.0731. The van der Waals surface area contributed by atoms with Crippen LogP contribution in [0.2, 0.25) is 0 Å². The Morgan fingerprint density at radius 2 is 1.87 bits per heavy atom. The maximum Gasteiger partial charge on any atom is 0.254 e. The molecule has 7 nitrogen and oxygen atoms in total. The number of sulfone groups is 1. The minimum Gasteiger partial charge on any atom is -0.491 e. The normalized spacial score (nSPS) is 13.5. The summed E-state index contributed by atoms with van der Waals surface area (Å²) >= 11 is 0. The highest BCUT2D eigenvalue weighted by Crippen LogP contribution is 2.32. The zero-order chi connectivity index (χ0) is 27.0. The third kappa shape index (κ3) is 4.79. The van der Waals surface area contributed by atoms with Crippen molar-refractivity contribution < 1.29 is 26.7 Å². The number of aromatic nitrogens is 2. The van der Waals surface area contributed by atoms with Crippen LogP contribution in [-0.4, -0.2) is 48.6 Å². The average molecular weight is 538 g/mol. The molecule has 1 aliphatic heterocycles. The topological polar surface area (TPSA) is 92.4 Å². The molecule has 2 heterocycles. The van der Waals surface area contributed by atoms with E-state index in [9.17, 15) is 17.6 Å². The number of H-pyrrole nitrogens is 1. The van der Waals surface area contributed by atoms with E-state index in [1.807, 2.05) is 12.1 Å². The maximum absolute atomic E-state index is 15.1. The van der Waals surface area contributed by atoms with Crippen LogP contribution in [0.25, 0.3) is 22.5 Å². The molecule has 0 saturated heterocycles. The molecule has 1 amide bonds. The quantitative estimate of drug-likeness (QED) is 0.386. The molecule has 3 aromatic carbocycles. The maximum atomic E-state index is 15.1. The highest BCUT2D eigenvalue weighted by molar-refractivity contribution is 7.90. The third-order valence-electron chi connectivity index (χ3n) is 6.57. The lowest BCUT2D eigenvalue weighted by Crippen LogP contribution is -2.33. The highest BCUT2D eigenvalue weighted by atomic mass is 32.2. The number of carbonyl (C=O) groups is 1. The van der Waals surface area contributed by atoms with Crippen LogP contribution in [0.5, 0.6) is 5.75 Å². The Morgan fingerprint density at radius 1 is 1.11 bits per heavy atom. The number of hydrogen-bond acceptors (Lipinski definition) is 5. The number of halogens is 2. The van der Waals surface area contributed by atoms with Gasteiger partial charge in [-0.3, -0.25) is 4.79 Å². The Kier molecular flexibility index (Phi) is 6.75. The molecule has 0 unspecified atom stereocenters. The second-order valence-electron chi connectivity index (χ2n) is 9.06. The summed E-state index contributed by atoms with van der Waals surface area (Å²) in [6.45, 7) is 2.35. The van der Waals surface area contributed by atoms with Crippen LogP contribution < -0.4 is 4.74 Å². The number of fused-ring (bicyclic) bond motifs is 1. The second kappa shape index (κ2) is 10.0. The summed E-state index contributed by atoms with van der Waals surface area (Å²) in [7, 11) is -3.78. The molecule has 0 bridgehead atoms. The number of imidazole rings is 1. The average Bonchev–Trinajstić information content (AvgIpc) is 3.33. The number of benzene rings is 3. The molecule has 0 aliphatic carbocycles. The first kappa shape index (κ1) is 25.6. The summed E-state index contributed by atoms with van der Waals surface area (Å²) in [5, 5.41) is 0. The molecular weight excluding hydrogens is 512 g/mol. The molecule has 196 valence electrons. The highest BCUT2D eigenvalue weighted by Gasteiger charge is 2.27. The van der Waals surface area contributed by atoms with Crippen LogP contribution in [-0.2, 0) is 22.8 Å². The first-order valence-corrected chi connectivity index (χ1v) is 13.9. The van der Waals surface area contributed by atoms with Gasteiger partial charge in [-0.1, -0.05) is 19.1 Å². The SMILES string of the molecule is CCc1c(C(=O)N2CCOc3ccc(-c4ccc(-c5ncc[nH]5)c(F)c4)cc3C2)ccc(S(C)(=O)=O)c1F. The molecule has 10 heteroatoms. The van der Waals surface area contributed by atoms with E-state index in [1.54, 1.807) is 42.4 Å². The van der Waals surface area contributed by atoms with Gasteiger partial charge in [-0.15, -0.1) is 0 Å². The molecule has 0 atom stereocenters. The van der Waals surface area contributed by atoms with Crippen molar-refractivity contribution in [3.05, 3.63) is 89.2 Å². The van der Waals surface area contributed by atoms with Crippen LogP contribution >= 0.6 is 0 Å². The molecule has 0 fully saturated rings. The third-order valence-corrected chi connectivity index (χ3v) is 7.69. The van der Waals surface area contributed by atoms with Gasteiger partial charge < -0.3 is 14.6 Å². The van der Waals surface area contributed by atoms with Gasteiger partial charge in [-0.05, 0) is 53.9 Å². The van der Waals surface area contributed by atoms with E-state index in [4.69, 9.17) is 4.74 Å². The number of nitrogens with one attached hydrogen (secondary N) is 1. The van der Waals surface area contributed by atoms with Gasteiger partial charge in [0, 0.05) is 41.9 Å². The van der Waals surface area contributed by atoms with Crippen molar-refractivity contribution in [1.29, 1.82) is 0 Å². The molecule has 1 N–H and O–H groups in total. The Hall–Kier alpha value is -4.05. The van der Waals surface area contributed by atoms with Crippen LogP contribution in [0.15, 0.2) is 65.8 Å². The van der Waals surface area contributed by atoms with E-state index >= 15 is 4.39 Å². The van der Waals surface area contributed by atoms with Crippen molar-refractivity contribution in [3.63, 3.8) is 0 Å². The molecule has 4 aromatic rings. The predicted molar refractivity (Wildman–Crippen MR) is 139 cm³/mol. The van der Waals surface area contributed by atoms with Gasteiger partial charge in [-0.2, -0.15) is 0 Å². The molecular formula is C28H25F2N3O4S. The summed E-state index contributed by atoms with van der Waals surface area (Å²) in [6, 6.07) is 12.8. The smallest absolute Gasteiger partial charge is 0.254 e.